The van der Waals surface area contributed by atoms with E-state index in [-0.39, 0.29) is 11.8 Å². The predicted molar refractivity (Wildman–Crippen MR) is 78.0 cm³/mol. The molecule has 2 aromatic rings. The van der Waals surface area contributed by atoms with Crippen LogP contribution < -0.4 is 0 Å². The molecule has 0 fully saturated rings. The SMILES string of the molecule is CC(C)n1cc(C(=O)C=Cc2csc(Br)c2)cn1. The third kappa shape index (κ3) is 3.17. The topological polar surface area (TPSA) is 34.9 Å². The van der Waals surface area contributed by atoms with Gasteiger partial charge in [0.2, 0.25) is 0 Å². The number of carbonyl (C=O) groups is 1. The highest BCUT2D eigenvalue weighted by atomic mass is 79.9. The van der Waals surface area contributed by atoms with Gasteiger partial charge in [0.1, 0.15) is 0 Å². The number of rotatable bonds is 4. The van der Waals surface area contributed by atoms with Crippen molar-refractivity contribution in [2.24, 2.45) is 0 Å². The maximum atomic E-state index is 11.9. The van der Waals surface area contributed by atoms with E-state index in [2.05, 4.69) is 21.0 Å². The first kappa shape index (κ1) is 13.2. The molecule has 0 atom stereocenters. The molecule has 0 saturated heterocycles. The average Bonchev–Trinajstić information content (AvgIpc) is 2.94. The van der Waals surface area contributed by atoms with Gasteiger partial charge in [-0.25, -0.2) is 0 Å². The normalized spacial score (nSPS) is 11.6. The van der Waals surface area contributed by atoms with Gasteiger partial charge in [-0.1, -0.05) is 6.08 Å². The Morgan fingerprint density at radius 2 is 2.33 bits per heavy atom. The van der Waals surface area contributed by atoms with Gasteiger partial charge in [0.05, 0.1) is 15.5 Å². The molecule has 94 valence electrons. The number of aromatic nitrogens is 2. The first-order chi connectivity index (χ1) is 8.56. The summed E-state index contributed by atoms with van der Waals surface area (Å²) < 4.78 is 2.84. The second-order valence-electron chi connectivity index (χ2n) is 4.18. The van der Waals surface area contributed by atoms with Gasteiger partial charge in [-0.2, -0.15) is 5.10 Å². The highest BCUT2D eigenvalue weighted by Crippen LogP contribution is 2.21. The molecule has 0 radical (unpaired) electrons. The van der Waals surface area contributed by atoms with Crippen molar-refractivity contribution in [1.29, 1.82) is 0 Å². The molecule has 3 nitrogen and oxygen atoms in total. The summed E-state index contributed by atoms with van der Waals surface area (Å²) in [7, 11) is 0. The lowest BCUT2D eigenvalue weighted by atomic mass is 10.2. The molecule has 0 aliphatic carbocycles. The first-order valence-electron chi connectivity index (χ1n) is 5.57. The summed E-state index contributed by atoms with van der Waals surface area (Å²) >= 11 is 4.99. The zero-order valence-electron chi connectivity index (χ0n) is 10.1. The van der Waals surface area contributed by atoms with Crippen molar-refractivity contribution in [3.05, 3.63) is 44.8 Å². The molecule has 5 heteroatoms. The van der Waals surface area contributed by atoms with Gasteiger partial charge in [-0.15, -0.1) is 11.3 Å². The minimum absolute atomic E-state index is 0.0239. The van der Waals surface area contributed by atoms with Crippen molar-refractivity contribution in [3.63, 3.8) is 0 Å². The molecular formula is C13H13BrN2OS. The lowest BCUT2D eigenvalue weighted by Crippen LogP contribution is -2.00. The molecule has 2 heterocycles. The van der Waals surface area contributed by atoms with Crippen LogP contribution in [0.15, 0.2) is 33.7 Å². The van der Waals surface area contributed by atoms with Crippen LogP contribution in [0.4, 0.5) is 0 Å². The molecule has 2 aromatic heterocycles. The molecule has 0 aliphatic heterocycles. The Morgan fingerprint density at radius 3 is 2.89 bits per heavy atom. The van der Waals surface area contributed by atoms with E-state index >= 15 is 0 Å². The van der Waals surface area contributed by atoms with Crippen LogP contribution in [0.1, 0.15) is 35.8 Å². The maximum absolute atomic E-state index is 11.9. The van der Waals surface area contributed by atoms with Crippen molar-refractivity contribution in [1.82, 2.24) is 9.78 Å². The molecular weight excluding hydrogens is 312 g/mol. The zero-order valence-corrected chi connectivity index (χ0v) is 12.5. The summed E-state index contributed by atoms with van der Waals surface area (Å²) in [5.41, 5.74) is 1.64. The Bertz CT molecular complexity index is 583. The zero-order chi connectivity index (χ0) is 13.1. The minimum Gasteiger partial charge on any atom is -0.289 e. The van der Waals surface area contributed by atoms with Crippen LogP contribution >= 0.6 is 27.3 Å². The van der Waals surface area contributed by atoms with Crippen molar-refractivity contribution in [2.45, 2.75) is 19.9 Å². The van der Waals surface area contributed by atoms with Gasteiger partial charge >= 0.3 is 0 Å². The third-order valence-corrected chi connectivity index (χ3v) is 3.95. The second-order valence-corrected chi connectivity index (χ2v) is 6.47. The van der Waals surface area contributed by atoms with Crippen LogP contribution in [0.3, 0.4) is 0 Å². The van der Waals surface area contributed by atoms with Crippen molar-refractivity contribution < 1.29 is 4.79 Å². The number of ketones is 1. The quantitative estimate of drug-likeness (QED) is 0.624. The summed E-state index contributed by atoms with van der Waals surface area (Å²) in [6.07, 6.45) is 6.78. The molecule has 0 amide bonds. The fourth-order valence-corrected chi connectivity index (χ4v) is 2.57. The Kier molecular flexibility index (Phi) is 4.14. The smallest absolute Gasteiger partial charge is 0.189 e. The number of carbonyl (C=O) groups excluding carboxylic acids is 1. The molecule has 0 N–H and O–H groups in total. The van der Waals surface area contributed by atoms with E-state index in [0.717, 1.165) is 9.35 Å². The number of hydrogen-bond donors (Lipinski definition) is 0. The van der Waals surface area contributed by atoms with E-state index in [1.165, 1.54) is 0 Å². The highest BCUT2D eigenvalue weighted by Gasteiger charge is 2.07. The fraction of sp³-hybridized carbons (Fsp3) is 0.231. The Balaban J connectivity index is 2.09. The van der Waals surface area contributed by atoms with E-state index in [1.807, 2.05) is 31.4 Å². The number of nitrogens with zero attached hydrogens (tertiary/aromatic N) is 2. The number of allylic oxidation sites excluding steroid dienone is 1. The minimum atomic E-state index is -0.0239. The van der Waals surface area contributed by atoms with Crippen LogP contribution in [0.2, 0.25) is 0 Å². The lowest BCUT2D eigenvalue weighted by Gasteiger charge is -2.02. The van der Waals surface area contributed by atoms with Gasteiger partial charge in [-0.05, 0) is 52.9 Å². The second kappa shape index (κ2) is 5.63. The number of thiophene rings is 1. The molecule has 0 unspecified atom stereocenters. The van der Waals surface area contributed by atoms with Crippen molar-refractivity contribution in [3.8, 4) is 0 Å². The molecule has 2 rings (SSSR count). The summed E-state index contributed by atoms with van der Waals surface area (Å²) in [4.78, 5) is 11.9. The largest absolute Gasteiger partial charge is 0.289 e. The highest BCUT2D eigenvalue weighted by molar-refractivity contribution is 9.11. The standard InChI is InChI=1S/C13H13BrN2OS/c1-9(2)16-7-11(6-15-16)12(17)4-3-10-5-13(14)18-8-10/h3-9H,1-2H3. The van der Waals surface area contributed by atoms with Gasteiger partial charge in [0.15, 0.2) is 5.78 Å². The third-order valence-electron chi connectivity index (χ3n) is 2.43. The van der Waals surface area contributed by atoms with E-state index in [1.54, 1.807) is 34.5 Å². The number of halogens is 1. The molecule has 0 saturated carbocycles. The lowest BCUT2D eigenvalue weighted by molar-refractivity contribution is 0.104. The molecule has 0 aliphatic rings. The maximum Gasteiger partial charge on any atom is 0.189 e. The predicted octanol–water partition coefficient (Wildman–Crippen LogP) is 4.18. The Hall–Kier alpha value is -1.20. The van der Waals surface area contributed by atoms with E-state index in [0.29, 0.717) is 5.56 Å². The average molecular weight is 325 g/mol. The molecule has 18 heavy (non-hydrogen) atoms. The van der Waals surface area contributed by atoms with E-state index in [9.17, 15) is 4.79 Å². The van der Waals surface area contributed by atoms with Crippen molar-refractivity contribution in [2.75, 3.05) is 0 Å². The van der Waals surface area contributed by atoms with Crippen LogP contribution in [-0.4, -0.2) is 15.6 Å². The van der Waals surface area contributed by atoms with Gasteiger partial charge in [-0.3, -0.25) is 9.48 Å². The van der Waals surface area contributed by atoms with E-state index < -0.39 is 0 Å². The van der Waals surface area contributed by atoms with E-state index in [4.69, 9.17) is 0 Å². The van der Waals surface area contributed by atoms with Gasteiger partial charge in [0.25, 0.3) is 0 Å². The molecule has 0 bridgehead atoms. The van der Waals surface area contributed by atoms with Gasteiger partial charge in [0, 0.05) is 12.2 Å². The first-order valence-corrected chi connectivity index (χ1v) is 7.24. The van der Waals surface area contributed by atoms with Crippen LogP contribution in [0.25, 0.3) is 6.08 Å². The summed E-state index contributed by atoms with van der Waals surface area (Å²) in [5.74, 6) is -0.0239. The fourth-order valence-electron chi connectivity index (χ4n) is 1.43. The van der Waals surface area contributed by atoms with Gasteiger partial charge < -0.3 is 0 Å². The monoisotopic (exact) mass is 324 g/mol. The summed E-state index contributed by atoms with van der Waals surface area (Å²) in [5, 5.41) is 6.14. The summed E-state index contributed by atoms with van der Waals surface area (Å²) in [6, 6.07) is 2.25. The summed E-state index contributed by atoms with van der Waals surface area (Å²) in [6.45, 7) is 4.06. The number of hydrogen-bond acceptors (Lipinski definition) is 3. The van der Waals surface area contributed by atoms with Crippen LogP contribution in [0, 0.1) is 0 Å². The molecule has 0 spiro atoms. The Morgan fingerprint density at radius 1 is 1.56 bits per heavy atom. The van der Waals surface area contributed by atoms with Crippen LogP contribution in [-0.2, 0) is 0 Å². The van der Waals surface area contributed by atoms with Crippen LogP contribution in [0.5, 0.6) is 0 Å². The van der Waals surface area contributed by atoms with Crippen molar-refractivity contribution >= 4 is 39.1 Å². The Labute approximate surface area is 118 Å². The molecule has 0 aromatic carbocycles.